The third-order valence-electron chi connectivity index (χ3n) is 3.64. The first-order chi connectivity index (χ1) is 10.5. The van der Waals surface area contributed by atoms with Crippen molar-refractivity contribution in [3.63, 3.8) is 0 Å². The number of ether oxygens (including phenoxy) is 1. The molecule has 6 nitrogen and oxygen atoms in total. The Morgan fingerprint density at radius 2 is 2.04 bits per heavy atom. The van der Waals surface area contributed by atoms with E-state index in [2.05, 4.69) is 4.72 Å². The van der Waals surface area contributed by atoms with Crippen LogP contribution in [0.2, 0.25) is 0 Å². The van der Waals surface area contributed by atoms with Gasteiger partial charge in [0.05, 0.1) is 23.6 Å². The molecule has 0 aromatic heterocycles. The number of aryl methyl sites for hydroxylation is 1. The first kappa shape index (κ1) is 17.7. The Morgan fingerprint density at radius 3 is 2.61 bits per heavy atom. The Labute approximate surface area is 137 Å². The first-order valence-corrected chi connectivity index (χ1v) is 9.41. The molecule has 1 aliphatic heterocycles. The molecular formula is C16H24N2O4S. The van der Waals surface area contributed by atoms with Gasteiger partial charge in [-0.1, -0.05) is 6.07 Å². The van der Waals surface area contributed by atoms with Gasteiger partial charge in [-0.2, -0.15) is 0 Å². The van der Waals surface area contributed by atoms with Crippen LogP contribution in [-0.2, 0) is 14.8 Å². The maximum Gasteiger partial charge on any atom is 0.254 e. The number of anilines is 1. The maximum absolute atomic E-state index is 12.8. The Bertz CT molecular complexity index is 713. The molecule has 1 amide bonds. The van der Waals surface area contributed by atoms with Gasteiger partial charge >= 0.3 is 0 Å². The van der Waals surface area contributed by atoms with E-state index in [1.54, 1.807) is 30.0 Å². The van der Waals surface area contributed by atoms with E-state index < -0.39 is 15.6 Å². The molecule has 1 fully saturated rings. The predicted octanol–water partition coefficient (Wildman–Crippen LogP) is 2.01. The molecule has 0 saturated carbocycles. The zero-order chi connectivity index (χ0) is 17.4. The third kappa shape index (κ3) is 4.68. The highest BCUT2D eigenvalue weighted by Gasteiger charge is 2.34. The number of carbonyl (C=O) groups is 1. The number of nitrogens with zero attached hydrogens (tertiary/aromatic N) is 1. The summed E-state index contributed by atoms with van der Waals surface area (Å²) in [6, 6.07) is 5.06. The molecule has 1 atom stereocenters. The number of rotatable bonds is 3. The van der Waals surface area contributed by atoms with E-state index in [1.165, 1.54) is 0 Å². The Morgan fingerprint density at radius 1 is 1.39 bits per heavy atom. The Hall–Kier alpha value is -1.60. The van der Waals surface area contributed by atoms with Crippen molar-refractivity contribution < 1.29 is 17.9 Å². The molecule has 23 heavy (non-hydrogen) atoms. The molecule has 1 aliphatic rings. The zero-order valence-electron chi connectivity index (χ0n) is 14.2. The standard InChI is InChI=1S/C16H24N2O4S/c1-11-6-7-13(8-14(11)17-23(5,20)21)15(19)18-9-12(2)22-16(3,4)10-18/h6-8,12,17H,9-10H2,1-5H3. The summed E-state index contributed by atoms with van der Waals surface area (Å²) in [4.78, 5) is 14.5. The smallest absolute Gasteiger partial charge is 0.254 e. The number of amides is 1. The number of morpholine rings is 1. The molecule has 2 rings (SSSR count). The fourth-order valence-corrected chi connectivity index (χ4v) is 3.48. The number of carbonyl (C=O) groups excluding carboxylic acids is 1. The summed E-state index contributed by atoms with van der Waals surface area (Å²) in [6.45, 7) is 8.65. The van der Waals surface area contributed by atoms with Crippen molar-refractivity contribution in [2.24, 2.45) is 0 Å². The largest absolute Gasteiger partial charge is 0.369 e. The Kier molecular flexibility index (Phi) is 4.73. The van der Waals surface area contributed by atoms with E-state index in [9.17, 15) is 13.2 Å². The van der Waals surface area contributed by atoms with E-state index in [0.29, 0.717) is 24.3 Å². The molecule has 1 heterocycles. The van der Waals surface area contributed by atoms with Crippen LogP contribution in [0.5, 0.6) is 0 Å². The summed E-state index contributed by atoms with van der Waals surface area (Å²) >= 11 is 0. The van der Waals surface area contributed by atoms with Gasteiger partial charge in [0.1, 0.15) is 0 Å². The van der Waals surface area contributed by atoms with Crippen molar-refractivity contribution in [2.45, 2.75) is 39.4 Å². The monoisotopic (exact) mass is 340 g/mol. The SMILES string of the molecule is Cc1ccc(C(=O)N2CC(C)OC(C)(C)C2)cc1NS(C)(=O)=O. The number of hydrogen-bond donors (Lipinski definition) is 1. The molecule has 1 N–H and O–H groups in total. The van der Waals surface area contributed by atoms with Crippen molar-refractivity contribution >= 4 is 21.6 Å². The van der Waals surface area contributed by atoms with Gasteiger partial charge < -0.3 is 9.64 Å². The van der Waals surface area contributed by atoms with Gasteiger partial charge in [0.15, 0.2) is 0 Å². The van der Waals surface area contributed by atoms with Crippen LogP contribution in [0.3, 0.4) is 0 Å². The van der Waals surface area contributed by atoms with Crippen molar-refractivity contribution in [3.8, 4) is 0 Å². The van der Waals surface area contributed by atoms with Gasteiger partial charge in [0.2, 0.25) is 10.0 Å². The van der Waals surface area contributed by atoms with Crippen LogP contribution in [0.25, 0.3) is 0 Å². The number of sulfonamides is 1. The lowest BCUT2D eigenvalue weighted by atomic mass is 10.0. The van der Waals surface area contributed by atoms with E-state index in [1.807, 2.05) is 20.8 Å². The van der Waals surface area contributed by atoms with Crippen LogP contribution in [-0.4, -0.2) is 50.3 Å². The van der Waals surface area contributed by atoms with Crippen LogP contribution >= 0.6 is 0 Å². The lowest BCUT2D eigenvalue weighted by Gasteiger charge is -2.41. The lowest BCUT2D eigenvalue weighted by Crippen LogP contribution is -2.53. The minimum Gasteiger partial charge on any atom is -0.369 e. The molecule has 0 spiro atoms. The fourth-order valence-electron chi connectivity index (χ4n) is 2.86. The summed E-state index contributed by atoms with van der Waals surface area (Å²) in [5, 5.41) is 0. The summed E-state index contributed by atoms with van der Waals surface area (Å²) in [5.74, 6) is -0.121. The van der Waals surface area contributed by atoms with E-state index in [0.717, 1.165) is 11.8 Å². The Balaban J connectivity index is 2.27. The molecule has 0 aliphatic carbocycles. The molecular weight excluding hydrogens is 316 g/mol. The van der Waals surface area contributed by atoms with Crippen molar-refractivity contribution in [1.29, 1.82) is 0 Å². The van der Waals surface area contributed by atoms with Crippen molar-refractivity contribution in [3.05, 3.63) is 29.3 Å². The van der Waals surface area contributed by atoms with E-state index >= 15 is 0 Å². The van der Waals surface area contributed by atoms with Crippen LogP contribution in [0.4, 0.5) is 5.69 Å². The molecule has 128 valence electrons. The lowest BCUT2D eigenvalue weighted by molar-refractivity contribution is -0.118. The molecule has 7 heteroatoms. The second kappa shape index (κ2) is 6.13. The van der Waals surface area contributed by atoms with Gasteiger partial charge in [-0.25, -0.2) is 8.42 Å². The average molecular weight is 340 g/mol. The van der Waals surface area contributed by atoms with Crippen molar-refractivity contribution in [1.82, 2.24) is 4.90 Å². The van der Waals surface area contributed by atoms with Crippen molar-refractivity contribution in [2.75, 3.05) is 24.1 Å². The summed E-state index contributed by atoms with van der Waals surface area (Å²) in [6.07, 6.45) is 1.05. The number of nitrogens with one attached hydrogen (secondary N) is 1. The second-order valence-corrected chi connectivity index (χ2v) is 8.53. The van der Waals surface area contributed by atoms with Gasteiger partial charge in [0, 0.05) is 18.7 Å². The van der Waals surface area contributed by atoms with Gasteiger partial charge in [-0.3, -0.25) is 9.52 Å². The van der Waals surface area contributed by atoms with Crippen LogP contribution < -0.4 is 4.72 Å². The van der Waals surface area contributed by atoms with E-state index in [4.69, 9.17) is 4.74 Å². The van der Waals surface area contributed by atoms with Crippen LogP contribution in [0.15, 0.2) is 18.2 Å². The molecule has 0 bridgehead atoms. The summed E-state index contributed by atoms with van der Waals surface area (Å²) in [5.41, 5.74) is 1.26. The first-order valence-electron chi connectivity index (χ1n) is 7.52. The van der Waals surface area contributed by atoms with E-state index in [-0.39, 0.29) is 12.0 Å². The normalized spacial score (nSPS) is 21.1. The topological polar surface area (TPSA) is 75.7 Å². The maximum atomic E-state index is 12.8. The molecule has 1 unspecified atom stereocenters. The minimum atomic E-state index is -3.39. The van der Waals surface area contributed by atoms with Crippen LogP contribution in [0.1, 0.15) is 36.7 Å². The predicted molar refractivity (Wildman–Crippen MR) is 90.2 cm³/mol. The zero-order valence-corrected chi connectivity index (χ0v) is 15.0. The number of benzene rings is 1. The molecule has 1 aromatic rings. The molecule has 0 radical (unpaired) electrons. The highest BCUT2D eigenvalue weighted by molar-refractivity contribution is 7.92. The van der Waals surface area contributed by atoms with Gasteiger partial charge in [-0.15, -0.1) is 0 Å². The highest BCUT2D eigenvalue weighted by atomic mass is 32.2. The van der Waals surface area contributed by atoms with Gasteiger partial charge in [-0.05, 0) is 45.4 Å². The van der Waals surface area contributed by atoms with Gasteiger partial charge in [0.25, 0.3) is 5.91 Å². The fraction of sp³-hybridized carbons (Fsp3) is 0.562. The quantitative estimate of drug-likeness (QED) is 0.913. The molecule has 1 aromatic carbocycles. The highest BCUT2D eigenvalue weighted by Crippen LogP contribution is 2.24. The summed E-state index contributed by atoms with van der Waals surface area (Å²) < 4.78 is 31.1. The minimum absolute atomic E-state index is 0.0400. The average Bonchev–Trinajstić information content (AvgIpc) is 2.36. The number of hydrogen-bond acceptors (Lipinski definition) is 4. The third-order valence-corrected chi connectivity index (χ3v) is 4.23. The second-order valence-electron chi connectivity index (χ2n) is 6.78. The van der Waals surface area contributed by atoms with Crippen LogP contribution in [0, 0.1) is 6.92 Å². The molecule has 1 saturated heterocycles. The summed E-state index contributed by atoms with van der Waals surface area (Å²) in [7, 11) is -3.39.